The summed E-state index contributed by atoms with van der Waals surface area (Å²) in [4.78, 5) is 24.6. The van der Waals surface area contributed by atoms with Gasteiger partial charge in [0.25, 0.3) is 0 Å². The zero-order valence-corrected chi connectivity index (χ0v) is 14.7. The van der Waals surface area contributed by atoms with Gasteiger partial charge in [0.2, 0.25) is 0 Å². The van der Waals surface area contributed by atoms with Crippen molar-refractivity contribution in [3.63, 3.8) is 0 Å². The molecule has 4 aliphatic rings. The summed E-state index contributed by atoms with van der Waals surface area (Å²) in [6.07, 6.45) is 9.16. The van der Waals surface area contributed by atoms with Crippen LogP contribution in [-0.2, 0) is 9.59 Å². The number of fused-ring (bicyclic) bond motifs is 5. The maximum atomic E-state index is 12.5. The van der Waals surface area contributed by atoms with Crippen LogP contribution in [0.4, 0.5) is 0 Å². The van der Waals surface area contributed by atoms with E-state index < -0.39 is 0 Å². The lowest BCUT2D eigenvalue weighted by molar-refractivity contribution is -0.131. The number of allylic oxidation sites excluding steroid dienone is 3. The summed E-state index contributed by atoms with van der Waals surface area (Å²) in [5, 5.41) is 8.35. The van der Waals surface area contributed by atoms with Crippen molar-refractivity contribution >= 4 is 17.3 Å². The summed E-state index contributed by atoms with van der Waals surface area (Å²) in [6, 6.07) is 0. The van der Waals surface area contributed by atoms with Gasteiger partial charge in [0.05, 0.1) is 5.71 Å². The molecule has 1 unspecified atom stereocenters. The molecule has 0 saturated heterocycles. The molecule has 0 spiro atoms. The molecule has 3 fully saturated rings. The molecule has 0 heterocycles. The molecule has 0 bridgehead atoms. The van der Waals surface area contributed by atoms with E-state index >= 15 is 0 Å². The lowest BCUT2D eigenvalue weighted by Crippen LogP contribution is -2.55. The van der Waals surface area contributed by atoms with Crippen molar-refractivity contribution in [1.82, 2.24) is 0 Å². The van der Waals surface area contributed by atoms with E-state index in [1.54, 1.807) is 0 Å². The summed E-state index contributed by atoms with van der Waals surface area (Å²) in [5.41, 5.74) is 1.28. The van der Waals surface area contributed by atoms with Crippen LogP contribution in [0.1, 0.15) is 52.4 Å². The van der Waals surface area contributed by atoms with Crippen molar-refractivity contribution in [3.8, 4) is 0 Å². The molecule has 0 aromatic heterocycles. The summed E-state index contributed by atoms with van der Waals surface area (Å²) in [7, 11) is 0. The van der Waals surface area contributed by atoms with Crippen LogP contribution in [0.5, 0.6) is 0 Å². The van der Waals surface area contributed by atoms with Crippen molar-refractivity contribution in [1.29, 1.82) is 5.41 Å². The third-order valence-electron chi connectivity index (χ3n) is 8.02. The molecule has 3 nitrogen and oxygen atoms in total. The Morgan fingerprint density at radius 1 is 1.17 bits per heavy atom. The summed E-state index contributed by atoms with van der Waals surface area (Å²) in [5.74, 6) is 1.60. The van der Waals surface area contributed by atoms with E-state index in [2.05, 4.69) is 26.5 Å². The fourth-order valence-electron chi connectivity index (χ4n) is 6.49. The minimum atomic E-state index is -0.176. The average molecular weight is 325 g/mol. The third kappa shape index (κ3) is 1.81. The molecule has 0 aliphatic heterocycles. The second kappa shape index (κ2) is 5.00. The number of rotatable bonds is 1. The van der Waals surface area contributed by atoms with E-state index in [0.717, 1.165) is 25.7 Å². The van der Waals surface area contributed by atoms with Crippen molar-refractivity contribution in [2.75, 3.05) is 0 Å². The normalized spacial score (nSPS) is 47.6. The first kappa shape index (κ1) is 16.0. The second-order valence-electron chi connectivity index (χ2n) is 8.85. The van der Waals surface area contributed by atoms with Gasteiger partial charge in [-0.25, -0.2) is 0 Å². The van der Waals surface area contributed by atoms with E-state index in [9.17, 15) is 9.59 Å². The number of hydrogen-bond acceptors (Lipinski definition) is 3. The highest BCUT2D eigenvalue weighted by Crippen LogP contribution is 2.64. The molecule has 3 heteroatoms. The molecule has 6 atom stereocenters. The average Bonchev–Trinajstić information content (AvgIpc) is 2.87. The van der Waals surface area contributed by atoms with Crippen LogP contribution in [0.15, 0.2) is 24.3 Å². The minimum Gasteiger partial charge on any atom is -0.301 e. The highest BCUT2D eigenvalue weighted by molar-refractivity contribution is 6.40. The lowest BCUT2D eigenvalue weighted by atomic mass is 9.45. The summed E-state index contributed by atoms with van der Waals surface area (Å²) in [6.45, 7) is 8.48. The number of carbonyl (C=O) groups excluding carboxylic acids is 2. The molecule has 0 amide bonds. The van der Waals surface area contributed by atoms with Gasteiger partial charge in [-0.05, 0) is 54.4 Å². The Morgan fingerprint density at radius 2 is 1.92 bits per heavy atom. The molecule has 128 valence electrons. The monoisotopic (exact) mass is 325 g/mol. The Kier molecular flexibility index (Phi) is 3.33. The van der Waals surface area contributed by atoms with Crippen molar-refractivity contribution in [2.45, 2.75) is 52.4 Å². The SMILES string of the molecule is C=CC1=CC2C(=N)C(=O)CC[C@]2(C)[C@H]2CC[C@]3(C)C(=O)CC[C@H]3[C@H]12. The smallest absolute Gasteiger partial charge is 0.176 e. The maximum absolute atomic E-state index is 12.5. The maximum Gasteiger partial charge on any atom is 0.176 e. The number of carbonyl (C=O) groups is 2. The van der Waals surface area contributed by atoms with E-state index in [1.165, 1.54) is 5.57 Å². The van der Waals surface area contributed by atoms with Crippen LogP contribution < -0.4 is 0 Å². The van der Waals surface area contributed by atoms with Crippen LogP contribution in [0.3, 0.4) is 0 Å². The van der Waals surface area contributed by atoms with Crippen molar-refractivity contribution < 1.29 is 9.59 Å². The van der Waals surface area contributed by atoms with E-state index in [4.69, 9.17) is 5.41 Å². The Hall–Kier alpha value is -1.51. The number of nitrogens with one attached hydrogen (secondary N) is 1. The van der Waals surface area contributed by atoms with Gasteiger partial charge in [0.15, 0.2) is 5.78 Å². The molecule has 4 aliphatic carbocycles. The Labute approximate surface area is 144 Å². The van der Waals surface area contributed by atoms with Crippen molar-refractivity contribution in [3.05, 3.63) is 24.3 Å². The van der Waals surface area contributed by atoms with Crippen LogP contribution in [0.2, 0.25) is 0 Å². The second-order valence-corrected chi connectivity index (χ2v) is 8.85. The molecule has 0 radical (unpaired) electrons. The first-order valence-corrected chi connectivity index (χ1v) is 9.32. The van der Waals surface area contributed by atoms with E-state index in [1.807, 2.05) is 6.08 Å². The van der Waals surface area contributed by atoms with Crippen LogP contribution in [0, 0.1) is 39.9 Å². The zero-order valence-electron chi connectivity index (χ0n) is 14.7. The molecule has 24 heavy (non-hydrogen) atoms. The molecule has 0 aromatic carbocycles. The fraction of sp³-hybridized carbons (Fsp3) is 0.667. The number of Topliss-reactive ketones (excluding diaryl/α,β-unsaturated/α-hetero) is 2. The van der Waals surface area contributed by atoms with Gasteiger partial charge in [0.1, 0.15) is 5.78 Å². The van der Waals surface area contributed by atoms with Crippen LogP contribution >= 0.6 is 0 Å². The fourth-order valence-corrected chi connectivity index (χ4v) is 6.49. The van der Waals surface area contributed by atoms with Gasteiger partial charge in [-0.3, -0.25) is 9.59 Å². The summed E-state index contributed by atoms with van der Waals surface area (Å²) < 4.78 is 0. The molecule has 3 saturated carbocycles. The minimum absolute atomic E-state index is 0.00674. The molecular weight excluding hydrogens is 298 g/mol. The zero-order chi connectivity index (χ0) is 17.3. The van der Waals surface area contributed by atoms with E-state index in [-0.39, 0.29) is 28.2 Å². The Balaban J connectivity index is 1.84. The Morgan fingerprint density at radius 3 is 2.62 bits per heavy atom. The topological polar surface area (TPSA) is 58.0 Å². The summed E-state index contributed by atoms with van der Waals surface area (Å²) >= 11 is 0. The van der Waals surface area contributed by atoms with Gasteiger partial charge in [-0.2, -0.15) is 0 Å². The van der Waals surface area contributed by atoms with Gasteiger partial charge < -0.3 is 5.41 Å². The predicted molar refractivity (Wildman–Crippen MR) is 93.9 cm³/mol. The first-order chi connectivity index (χ1) is 11.3. The van der Waals surface area contributed by atoms with Gasteiger partial charge in [-0.15, -0.1) is 0 Å². The van der Waals surface area contributed by atoms with Crippen LogP contribution in [-0.4, -0.2) is 17.3 Å². The highest BCUT2D eigenvalue weighted by Gasteiger charge is 2.61. The van der Waals surface area contributed by atoms with E-state index in [0.29, 0.717) is 36.4 Å². The third-order valence-corrected chi connectivity index (χ3v) is 8.02. The van der Waals surface area contributed by atoms with Gasteiger partial charge in [0, 0.05) is 24.2 Å². The van der Waals surface area contributed by atoms with Gasteiger partial charge >= 0.3 is 0 Å². The highest BCUT2D eigenvalue weighted by atomic mass is 16.1. The lowest BCUT2D eigenvalue weighted by Gasteiger charge is -2.58. The number of hydrogen-bond donors (Lipinski definition) is 1. The molecule has 0 aromatic rings. The predicted octanol–water partition coefficient (Wildman–Crippen LogP) is 4.13. The molecule has 4 rings (SSSR count). The van der Waals surface area contributed by atoms with Crippen LogP contribution in [0.25, 0.3) is 0 Å². The quantitative estimate of drug-likeness (QED) is 0.788. The van der Waals surface area contributed by atoms with Gasteiger partial charge in [-0.1, -0.05) is 32.6 Å². The molecular formula is C21H27NO2. The first-order valence-electron chi connectivity index (χ1n) is 9.32. The molecule has 1 N–H and O–H groups in total. The largest absolute Gasteiger partial charge is 0.301 e. The Bertz CT molecular complexity index is 690. The van der Waals surface area contributed by atoms with Crippen molar-refractivity contribution in [2.24, 2.45) is 34.5 Å². The number of ketones is 2. The standard InChI is InChI=1S/C21H27NO2/c1-4-12-11-15-19(22)16(23)8-10-20(15,2)14-7-9-21(3)13(18(12)14)5-6-17(21)24/h4,11,13-15,18,22H,1,5-10H2,2-3H3/t13-,14-,15?,18-,20+,21-/m0/s1.